The fourth-order valence-electron chi connectivity index (χ4n) is 2.93. The molecule has 3 rings (SSSR count). The zero-order valence-electron chi connectivity index (χ0n) is 13.2. The van der Waals surface area contributed by atoms with Crippen LogP contribution in [0.3, 0.4) is 0 Å². The smallest absolute Gasteiger partial charge is 0.227 e. The lowest BCUT2D eigenvalue weighted by atomic mass is 10.0. The molecule has 1 aromatic carbocycles. The number of carbonyl (C=O) groups is 1. The second-order valence-electron chi connectivity index (χ2n) is 5.97. The van der Waals surface area contributed by atoms with Crippen LogP contribution in [0, 0.1) is 5.92 Å². The van der Waals surface area contributed by atoms with Crippen molar-refractivity contribution >= 4 is 5.91 Å². The van der Waals surface area contributed by atoms with Crippen LogP contribution < -0.4 is 0 Å². The number of ether oxygens (including phenoxy) is 1. The van der Waals surface area contributed by atoms with Crippen LogP contribution in [0.5, 0.6) is 0 Å². The zero-order valence-corrected chi connectivity index (χ0v) is 13.2. The molecule has 0 saturated carbocycles. The molecule has 0 spiro atoms. The SMILES string of the molecule is O=C(Cc1ccccc1)N1CCOC[C@H](Cc2ccccn2)C1. The van der Waals surface area contributed by atoms with Crippen molar-refractivity contribution in [3.63, 3.8) is 0 Å². The Bertz CT molecular complexity index is 616. The van der Waals surface area contributed by atoms with Gasteiger partial charge in [-0.1, -0.05) is 36.4 Å². The third-order valence-corrected chi connectivity index (χ3v) is 4.11. The summed E-state index contributed by atoms with van der Waals surface area (Å²) < 4.78 is 5.69. The van der Waals surface area contributed by atoms with Gasteiger partial charge in [0, 0.05) is 30.9 Å². The molecule has 0 unspecified atom stereocenters. The van der Waals surface area contributed by atoms with Crippen LogP contribution in [0.25, 0.3) is 0 Å². The Morgan fingerprint density at radius 2 is 2.00 bits per heavy atom. The Morgan fingerprint density at radius 3 is 2.78 bits per heavy atom. The van der Waals surface area contributed by atoms with Crippen molar-refractivity contribution in [1.82, 2.24) is 9.88 Å². The molecule has 1 fully saturated rings. The van der Waals surface area contributed by atoms with Crippen molar-refractivity contribution in [2.24, 2.45) is 5.92 Å². The summed E-state index contributed by atoms with van der Waals surface area (Å²) in [6.07, 6.45) is 3.11. The minimum atomic E-state index is 0.174. The van der Waals surface area contributed by atoms with Gasteiger partial charge in [0.1, 0.15) is 0 Å². The molecule has 0 radical (unpaired) electrons. The van der Waals surface area contributed by atoms with Crippen molar-refractivity contribution in [3.05, 3.63) is 66.0 Å². The molecule has 1 aliphatic rings. The lowest BCUT2D eigenvalue weighted by Crippen LogP contribution is -2.37. The summed E-state index contributed by atoms with van der Waals surface area (Å²) in [7, 11) is 0. The number of aromatic nitrogens is 1. The van der Waals surface area contributed by atoms with E-state index in [0.717, 1.165) is 24.2 Å². The lowest BCUT2D eigenvalue weighted by molar-refractivity contribution is -0.130. The topological polar surface area (TPSA) is 42.4 Å². The number of hydrogen-bond donors (Lipinski definition) is 0. The number of rotatable bonds is 4. The minimum absolute atomic E-state index is 0.174. The van der Waals surface area contributed by atoms with Crippen molar-refractivity contribution in [2.75, 3.05) is 26.3 Å². The van der Waals surface area contributed by atoms with Crippen molar-refractivity contribution < 1.29 is 9.53 Å². The molecule has 1 amide bonds. The van der Waals surface area contributed by atoms with E-state index in [1.54, 1.807) is 0 Å². The van der Waals surface area contributed by atoms with Crippen LogP contribution in [0.1, 0.15) is 11.3 Å². The summed E-state index contributed by atoms with van der Waals surface area (Å²) in [5.41, 5.74) is 2.11. The summed E-state index contributed by atoms with van der Waals surface area (Å²) in [5.74, 6) is 0.472. The quantitative estimate of drug-likeness (QED) is 0.870. The predicted octanol–water partition coefficient (Wildman–Crippen LogP) is 2.34. The summed E-state index contributed by atoms with van der Waals surface area (Å²) in [4.78, 5) is 18.9. The highest BCUT2D eigenvalue weighted by Gasteiger charge is 2.23. The van der Waals surface area contributed by atoms with Crippen LogP contribution in [-0.2, 0) is 22.4 Å². The van der Waals surface area contributed by atoms with Crippen LogP contribution in [0.2, 0.25) is 0 Å². The average molecular weight is 310 g/mol. The minimum Gasteiger partial charge on any atom is -0.379 e. The van der Waals surface area contributed by atoms with Gasteiger partial charge < -0.3 is 9.64 Å². The molecule has 23 heavy (non-hydrogen) atoms. The molecule has 120 valence electrons. The monoisotopic (exact) mass is 310 g/mol. The van der Waals surface area contributed by atoms with E-state index in [4.69, 9.17) is 4.74 Å². The molecular formula is C19H22N2O2. The maximum absolute atomic E-state index is 12.6. The van der Waals surface area contributed by atoms with Gasteiger partial charge >= 0.3 is 0 Å². The highest BCUT2D eigenvalue weighted by molar-refractivity contribution is 5.78. The zero-order chi connectivity index (χ0) is 15.9. The number of amides is 1. The molecule has 2 aromatic rings. The van der Waals surface area contributed by atoms with Gasteiger partial charge in [0.05, 0.1) is 19.6 Å². The van der Waals surface area contributed by atoms with Crippen molar-refractivity contribution in [2.45, 2.75) is 12.8 Å². The Hall–Kier alpha value is -2.20. The van der Waals surface area contributed by atoms with Gasteiger partial charge in [-0.15, -0.1) is 0 Å². The maximum atomic E-state index is 12.6. The van der Waals surface area contributed by atoms with Gasteiger partial charge in [-0.2, -0.15) is 0 Å². The summed E-state index contributed by atoms with van der Waals surface area (Å²) in [6.45, 7) is 2.71. The largest absolute Gasteiger partial charge is 0.379 e. The number of pyridine rings is 1. The molecule has 4 heteroatoms. The van der Waals surface area contributed by atoms with E-state index in [1.165, 1.54) is 0 Å². The van der Waals surface area contributed by atoms with Gasteiger partial charge in [-0.05, 0) is 24.1 Å². The van der Waals surface area contributed by atoms with E-state index in [2.05, 4.69) is 4.98 Å². The van der Waals surface area contributed by atoms with Crippen LogP contribution >= 0.6 is 0 Å². The van der Waals surface area contributed by atoms with Gasteiger partial charge in [-0.3, -0.25) is 9.78 Å². The molecule has 1 aromatic heterocycles. The molecule has 2 heterocycles. The number of hydrogen-bond acceptors (Lipinski definition) is 3. The summed E-state index contributed by atoms with van der Waals surface area (Å²) in [5, 5.41) is 0. The van der Waals surface area contributed by atoms with Crippen LogP contribution in [0.15, 0.2) is 54.7 Å². The van der Waals surface area contributed by atoms with E-state index in [9.17, 15) is 4.79 Å². The fourth-order valence-corrected chi connectivity index (χ4v) is 2.93. The molecule has 0 N–H and O–H groups in total. The van der Waals surface area contributed by atoms with Gasteiger partial charge in [0.2, 0.25) is 5.91 Å². The van der Waals surface area contributed by atoms with Crippen molar-refractivity contribution in [3.8, 4) is 0 Å². The lowest BCUT2D eigenvalue weighted by Gasteiger charge is -2.23. The highest BCUT2D eigenvalue weighted by atomic mass is 16.5. The third-order valence-electron chi connectivity index (χ3n) is 4.11. The van der Waals surface area contributed by atoms with E-state index < -0.39 is 0 Å². The number of carbonyl (C=O) groups excluding carboxylic acids is 1. The average Bonchev–Trinajstić information content (AvgIpc) is 2.82. The highest BCUT2D eigenvalue weighted by Crippen LogP contribution is 2.14. The summed E-state index contributed by atoms with van der Waals surface area (Å²) >= 11 is 0. The van der Waals surface area contributed by atoms with E-state index in [-0.39, 0.29) is 5.91 Å². The second-order valence-corrected chi connectivity index (χ2v) is 5.97. The van der Waals surface area contributed by atoms with E-state index in [1.807, 2.05) is 59.6 Å². The predicted molar refractivity (Wildman–Crippen MR) is 89.0 cm³/mol. The van der Waals surface area contributed by atoms with Gasteiger partial charge in [-0.25, -0.2) is 0 Å². The first-order valence-electron chi connectivity index (χ1n) is 8.10. The molecule has 4 nitrogen and oxygen atoms in total. The maximum Gasteiger partial charge on any atom is 0.227 e. The molecule has 1 atom stereocenters. The summed E-state index contributed by atoms with van der Waals surface area (Å²) in [6, 6.07) is 15.9. The van der Waals surface area contributed by atoms with Gasteiger partial charge in [0.15, 0.2) is 0 Å². The Labute approximate surface area is 137 Å². The van der Waals surface area contributed by atoms with E-state index in [0.29, 0.717) is 32.1 Å². The van der Waals surface area contributed by atoms with Gasteiger partial charge in [0.25, 0.3) is 0 Å². The van der Waals surface area contributed by atoms with Crippen LogP contribution in [0.4, 0.5) is 0 Å². The second kappa shape index (κ2) is 7.88. The van der Waals surface area contributed by atoms with Crippen molar-refractivity contribution in [1.29, 1.82) is 0 Å². The first kappa shape index (κ1) is 15.7. The third kappa shape index (κ3) is 4.63. The van der Waals surface area contributed by atoms with E-state index >= 15 is 0 Å². The van der Waals surface area contributed by atoms with Crippen LogP contribution in [-0.4, -0.2) is 42.1 Å². The Balaban J connectivity index is 1.61. The first-order valence-corrected chi connectivity index (χ1v) is 8.10. The molecule has 0 bridgehead atoms. The standard InChI is InChI=1S/C19H22N2O2/c22-19(13-16-6-2-1-3-7-16)21-10-11-23-15-17(14-21)12-18-8-4-5-9-20-18/h1-9,17H,10-15H2/t17-/m1/s1. The first-order chi connectivity index (χ1) is 11.3. The number of nitrogens with zero attached hydrogens (tertiary/aromatic N) is 2. The molecular weight excluding hydrogens is 288 g/mol. The Morgan fingerprint density at radius 1 is 1.17 bits per heavy atom. The number of benzene rings is 1. The Kier molecular flexibility index (Phi) is 5.37. The fraction of sp³-hybridized carbons (Fsp3) is 0.368. The molecule has 0 aliphatic carbocycles. The normalized spacial score (nSPS) is 18.4. The molecule has 1 saturated heterocycles. The molecule has 1 aliphatic heterocycles.